The largest absolute Gasteiger partial charge is 0.490 e. The summed E-state index contributed by atoms with van der Waals surface area (Å²) in [6, 6.07) is 9.78. The van der Waals surface area contributed by atoms with Gasteiger partial charge in [0.25, 0.3) is 10.1 Å². The van der Waals surface area contributed by atoms with E-state index in [0.29, 0.717) is 23.1 Å². The van der Waals surface area contributed by atoms with Gasteiger partial charge in [-0.15, -0.1) is 0 Å². The van der Waals surface area contributed by atoms with Crippen LogP contribution in [-0.2, 0) is 10.1 Å². The lowest BCUT2D eigenvalue weighted by Gasteiger charge is -2.16. The lowest BCUT2D eigenvalue weighted by atomic mass is 10.1. The molecule has 2 aromatic rings. The van der Waals surface area contributed by atoms with Gasteiger partial charge in [-0.1, -0.05) is 38.1 Å². The van der Waals surface area contributed by atoms with Crippen molar-refractivity contribution in [1.82, 2.24) is 5.32 Å². The zero-order valence-corrected chi connectivity index (χ0v) is 13.9. The molecule has 126 valence electrons. The Balaban J connectivity index is 2.23. The Morgan fingerprint density at radius 3 is 2.39 bits per heavy atom. The van der Waals surface area contributed by atoms with Crippen molar-refractivity contribution in [3.05, 3.63) is 36.4 Å². The van der Waals surface area contributed by atoms with Gasteiger partial charge in [-0.3, -0.25) is 4.55 Å². The van der Waals surface area contributed by atoms with Gasteiger partial charge in [0.05, 0.1) is 0 Å². The van der Waals surface area contributed by atoms with E-state index >= 15 is 0 Å². The van der Waals surface area contributed by atoms with Crippen LogP contribution < -0.4 is 10.1 Å². The highest BCUT2D eigenvalue weighted by atomic mass is 32.2. The minimum absolute atomic E-state index is 0.0783. The predicted octanol–water partition coefficient (Wildman–Crippen LogP) is 1.82. The first-order valence-corrected chi connectivity index (χ1v) is 8.76. The Bertz CT molecular complexity index is 773. The average molecular weight is 339 g/mol. The molecule has 2 rings (SSSR count). The number of hydrogen-bond donors (Lipinski definition) is 3. The molecule has 0 aliphatic rings. The second kappa shape index (κ2) is 7.27. The van der Waals surface area contributed by atoms with Crippen LogP contribution in [0.5, 0.6) is 5.75 Å². The molecule has 0 aliphatic carbocycles. The third kappa shape index (κ3) is 4.65. The van der Waals surface area contributed by atoms with Crippen molar-refractivity contribution in [3.63, 3.8) is 0 Å². The SMILES string of the molecule is CC(C)NC[C@@H](O)COc1ccc(S(=O)(=O)O)c2ccccc12. The summed E-state index contributed by atoms with van der Waals surface area (Å²) in [5.74, 6) is 0.455. The third-order valence-corrected chi connectivity index (χ3v) is 4.23. The van der Waals surface area contributed by atoms with E-state index in [-0.39, 0.29) is 17.5 Å². The number of ether oxygens (including phenoxy) is 1. The van der Waals surface area contributed by atoms with Gasteiger partial charge in [0.15, 0.2) is 0 Å². The molecule has 0 radical (unpaired) electrons. The zero-order valence-electron chi connectivity index (χ0n) is 13.1. The summed E-state index contributed by atoms with van der Waals surface area (Å²) in [6.07, 6.45) is -0.683. The molecule has 0 amide bonds. The molecule has 0 heterocycles. The second-order valence-corrected chi connectivity index (χ2v) is 7.00. The number of aliphatic hydroxyl groups is 1. The number of aliphatic hydroxyl groups excluding tert-OH is 1. The molecule has 0 fully saturated rings. The molecule has 0 unspecified atom stereocenters. The predicted molar refractivity (Wildman–Crippen MR) is 88.4 cm³/mol. The molecule has 0 aliphatic heterocycles. The molecule has 0 aromatic heterocycles. The van der Waals surface area contributed by atoms with E-state index in [1.807, 2.05) is 13.8 Å². The monoisotopic (exact) mass is 339 g/mol. The molecular formula is C16H21NO5S. The Labute approximate surface area is 135 Å². The lowest BCUT2D eigenvalue weighted by Crippen LogP contribution is -2.35. The Morgan fingerprint density at radius 1 is 1.13 bits per heavy atom. The molecular weight excluding hydrogens is 318 g/mol. The van der Waals surface area contributed by atoms with Crippen molar-refractivity contribution >= 4 is 20.9 Å². The quantitative estimate of drug-likeness (QED) is 0.666. The summed E-state index contributed by atoms with van der Waals surface area (Å²) in [5.41, 5.74) is 0. The van der Waals surface area contributed by atoms with Crippen LogP contribution in [0.25, 0.3) is 10.8 Å². The second-order valence-electron chi connectivity index (χ2n) is 5.61. The summed E-state index contributed by atoms with van der Waals surface area (Å²) >= 11 is 0. The van der Waals surface area contributed by atoms with Crippen LogP contribution in [0.15, 0.2) is 41.3 Å². The Hall–Kier alpha value is -1.67. The fourth-order valence-electron chi connectivity index (χ4n) is 2.21. The molecule has 2 aromatic carbocycles. The average Bonchev–Trinajstić information content (AvgIpc) is 2.49. The van der Waals surface area contributed by atoms with Gasteiger partial charge < -0.3 is 15.2 Å². The number of rotatable bonds is 7. The number of fused-ring (bicyclic) bond motifs is 1. The third-order valence-electron chi connectivity index (χ3n) is 3.31. The van der Waals surface area contributed by atoms with Crippen LogP contribution >= 0.6 is 0 Å². The van der Waals surface area contributed by atoms with Gasteiger partial charge >= 0.3 is 0 Å². The smallest absolute Gasteiger partial charge is 0.295 e. The van der Waals surface area contributed by atoms with E-state index in [1.54, 1.807) is 24.3 Å². The van der Waals surface area contributed by atoms with Crippen LogP contribution in [0.3, 0.4) is 0 Å². The van der Waals surface area contributed by atoms with Crippen LogP contribution in [-0.4, -0.2) is 43.4 Å². The van der Waals surface area contributed by atoms with Crippen LogP contribution in [0, 0.1) is 0 Å². The minimum Gasteiger partial charge on any atom is -0.490 e. The topological polar surface area (TPSA) is 95.9 Å². The van der Waals surface area contributed by atoms with Crippen molar-refractivity contribution in [3.8, 4) is 5.75 Å². The van der Waals surface area contributed by atoms with Gasteiger partial charge in [0.2, 0.25) is 0 Å². The van der Waals surface area contributed by atoms with Crippen molar-refractivity contribution < 1.29 is 22.8 Å². The highest BCUT2D eigenvalue weighted by molar-refractivity contribution is 7.86. The van der Waals surface area contributed by atoms with Crippen LogP contribution in [0.4, 0.5) is 0 Å². The Kier molecular flexibility index (Phi) is 5.59. The first-order valence-electron chi connectivity index (χ1n) is 7.32. The van der Waals surface area contributed by atoms with Crippen molar-refractivity contribution in [2.24, 2.45) is 0 Å². The summed E-state index contributed by atoms with van der Waals surface area (Å²) in [7, 11) is -4.31. The van der Waals surface area contributed by atoms with E-state index in [4.69, 9.17) is 4.74 Å². The van der Waals surface area contributed by atoms with Gasteiger partial charge in [-0.25, -0.2) is 0 Å². The van der Waals surface area contributed by atoms with E-state index in [1.165, 1.54) is 12.1 Å². The minimum atomic E-state index is -4.31. The Morgan fingerprint density at radius 2 is 1.78 bits per heavy atom. The lowest BCUT2D eigenvalue weighted by molar-refractivity contribution is 0.105. The van der Waals surface area contributed by atoms with Crippen LogP contribution in [0.2, 0.25) is 0 Å². The van der Waals surface area contributed by atoms with Crippen molar-refractivity contribution in [2.75, 3.05) is 13.2 Å². The van der Waals surface area contributed by atoms with Gasteiger partial charge in [0.1, 0.15) is 23.4 Å². The van der Waals surface area contributed by atoms with E-state index in [0.717, 1.165) is 0 Å². The molecule has 0 saturated carbocycles. The zero-order chi connectivity index (χ0) is 17.0. The van der Waals surface area contributed by atoms with E-state index < -0.39 is 16.2 Å². The fourth-order valence-corrected chi connectivity index (χ4v) is 2.91. The molecule has 3 N–H and O–H groups in total. The molecule has 0 bridgehead atoms. The molecule has 1 atom stereocenters. The van der Waals surface area contributed by atoms with E-state index in [2.05, 4.69) is 5.32 Å². The number of hydrogen-bond acceptors (Lipinski definition) is 5. The number of benzene rings is 2. The molecule has 6 nitrogen and oxygen atoms in total. The summed E-state index contributed by atoms with van der Waals surface area (Å²) in [4.78, 5) is -0.164. The fraction of sp³-hybridized carbons (Fsp3) is 0.375. The highest BCUT2D eigenvalue weighted by Gasteiger charge is 2.16. The first kappa shape index (κ1) is 17.7. The molecule has 23 heavy (non-hydrogen) atoms. The van der Waals surface area contributed by atoms with Gasteiger partial charge in [-0.05, 0) is 12.1 Å². The molecule has 0 saturated heterocycles. The normalized spacial score (nSPS) is 13.4. The summed E-state index contributed by atoms with van der Waals surface area (Å²) in [6.45, 7) is 4.44. The maximum atomic E-state index is 11.4. The van der Waals surface area contributed by atoms with Gasteiger partial charge in [-0.2, -0.15) is 8.42 Å². The number of nitrogens with one attached hydrogen (secondary N) is 1. The maximum absolute atomic E-state index is 11.4. The molecule has 7 heteroatoms. The van der Waals surface area contributed by atoms with Gasteiger partial charge in [0, 0.05) is 23.4 Å². The van der Waals surface area contributed by atoms with Crippen molar-refractivity contribution in [2.45, 2.75) is 30.9 Å². The van der Waals surface area contributed by atoms with Crippen molar-refractivity contribution in [1.29, 1.82) is 0 Å². The summed E-state index contributed by atoms with van der Waals surface area (Å²) in [5, 5.41) is 13.9. The first-order chi connectivity index (χ1) is 10.8. The summed E-state index contributed by atoms with van der Waals surface area (Å²) < 4.78 is 37.8. The maximum Gasteiger partial charge on any atom is 0.295 e. The highest BCUT2D eigenvalue weighted by Crippen LogP contribution is 2.30. The van der Waals surface area contributed by atoms with E-state index in [9.17, 15) is 18.1 Å². The molecule has 0 spiro atoms. The standard InChI is InChI=1S/C16H21NO5S/c1-11(2)17-9-12(18)10-22-15-7-8-16(23(19,20)21)14-6-4-3-5-13(14)15/h3-8,11-12,17-18H,9-10H2,1-2H3,(H,19,20,21)/t12-/m1/s1. The van der Waals surface area contributed by atoms with Crippen LogP contribution in [0.1, 0.15) is 13.8 Å².